The molecular formula is C20H14N4O2S. The van der Waals surface area contributed by atoms with Gasteiger partial charge in [0, 0.05) is 34.8 Å². The molecule has 0 spiro atoms. The van der Waals surface area contributed by atoms with Gasteiger partial charge in [-0.2, -0.15) is 9.29 Å². The van der Waals surface area contributed by atoms with E-state index in [9.17, 15) is 4.55 Å². The third-order valence-electron chi connectivity index (χ3n) is 4.38. The number of hydrogen-bond donors (Lipinski definition) is 0. The smallest absolute Gasteiger partial charge is 0.324 e. The summed E-state index contributed by atoms with van der Waals surface area (Å²) < 4.78 is 20.4. The monoisotopic (exact) mass is 374 g/mol. The predicted molar refractivity (Wildman–Crippen MR) is 103 cm³/mol. The van der Waals surface area contributed by atoms with Gasteiger partial charge in [-0.3, -0.25) is 4.98 Å². The summed E-state index contributed by atoms with van der Waals surface area (Å²) in [6, 6.07) is 17.4. The Morgan fingerprint density at radius 2 is 1.85 bits per heavy atom. The third-order valence-corrected chi connectivity index (χ3v) is 5.87. The summed E-state index contributed by atoms with van der Waals surface area (Å²) in [7, 11) is 0. The normalized spacial score (nSPS) is 15.7. The largest absolute Gasteiger partial charge is 0.588 e. The number of fused-ring (bicyclic) bond motifs is 2. The molecule has 0 aliphatic carbocycles. The van der Waals surface area contributed by atoms with E-state index < -0.39 is 11.4 Å². The van der Waals surface area contributed by atoms with Crippen LogP contribution < -0.4 is 9.04 Å². The van der Waals surface area contributed by atoms with Crippen LogP contribution in [0.25, 0.3) is 10.8 Å². The maximum atomic E-state index is 12.8. The Balaban J connectivity index is 1.46. The molecule has 0 saturated carbocycles. The number of benzene rings is 2. The van der Waals surface area contributed by atoms with Gasteiger partial charge >= 0.3 is 6.01 Å². The Labute approximate surface area is 158 Å². The molecule has 0 radical (unpaired) electrons. The van der Waals surface area contributed by atoms with Gasteiger partial charge in [-0.1, -0.05) is 42.5 Å². The van der Waals surface area contributed by atoms with Crippen LogP contribution in [-0.4, -0.2) is 19.5 Å². The van der Waals surface area contributed by atoms with E-state index in [-0.39, 0.29) is 6.01 Å². The molecule has 7 heteroatoms. The molecule has 4 aromatic rings. The van der Waals surface area contributed by atoms with Gasteiger partial charge in [0.1, 0.15) is 11.4 Å². The van der Waals surface area contributed by atoms with E-state index >= 15 is 0 Å². The first kappa shape index (κ1) is 16.0. The maximum Gasteiger partial charge on any atom is 0.324 e. The molecule has 3 heterocycles. The summed E-state index contributed by atoms with van der Waals surface area (Å²) in [4.78, 5) is 13.7. The molecule has 27 heavy (non-hydrogen) atoms. The molecular weight excluding hydrogens is 360 g/mol. The zero-order chi connectivity index (χ0) is 18.2. The van der Waals surface area contributed by atoms with E-state index in [4.69, 9.17) is 4.74 Å². The number of nitrogens with zero attached hydrogens (tertiary/aromatic N) is 4. The Morgan fingerprint density at radius 1 is 1.00 bits per heavy atom. The summed E-state index contributed by atoms with van der Waals surface area (Å²) >= 11 is -1.29. The zero-order valence-electron chi connectivity index (χ0n) is 14.1. The van der Waals surface area contributed by atoms with Crippen LogP contribution in [0.2, 0.25) is 0 Å². The first-order chi connectivity index (χ1) is 13.3. The lowest BCUT2D eigenvalue weighted by molar-refractivity contribution is 0.445. The molecule has 1 atom stereocenters. The molecule has 1 aliphatic heterocycles. The van der Waals surface area contributed by atoms with Gasteiger partial charge in [0.2, 0.25) is 0 Å². The summed E-state index contributed by atoms with van der Waals surface area (Å²) in [6.45, 7) is 0.537. The second kappa shape index (κ2) is 6.53. The van der Waals surface area contributed by atoms with Crippen LogP contribution in [-0.2, 0) is 17.9 Å². The molecule has 0 N–H and O–H groups in total. The van der Waals surface area contributed by atoms with Crippen molar-refractivity contribution in [2.45, 2.75) is 11.4 Å². The molecule has 0 amide bonds. The molecule has 5 rings (SSSR count). The summed E-state index contributed by atoms with van der Waals surface area (Å²) in [5.41, 5.74) is 1.04. The number of anilines is 1. The molecule has 0 saturated heterocycles. The fraction of sp³-hybridized carbons (Fsp3) is 0.0500. The third kappa shape index (κ3) is 2.87. The lowest BCUT2D eigenvalue weighted by Gasteiger charge is -2.17. The standard InChI is InChI=1S/C20H14N4O2S/c25-27-18-8-4-2-6-15(18)13-24(27)19-9-10-22-20(23-19)26-17-12-21-11-14-5-1-3-7-16(14)17/h1-12H,13H2. The number of ether oxygens (including phenoxy) is 1. The Bertz CT molecular complexity index is 1130. The minimum absolute atomic E-state index is 0.193. The van der Waals surface area contributed by atoms with E-state index in [0.717, 1.165) is 21.2 Å². The van der Waals surface area contributed by atoms with Crippen LogP contribution >= 0.6 is 0 Å². The van der Waals surface area contributed by atoms with Gasteiger partial charge in [-0.15, -0.1) is 0 Å². The van der Waals surface area contributed by atoms with Crippen molar-refractivity contribution in [2.75, 3.05) is 4.31 Å². The van der Waals surface area contributed by atoms with Gasteiger partial charge in [0.05, 0.1) is 12.7 Å². The van der Waals surface area contributed by atoms with E-state index in [0.29, 0.717) is 18.1 Å². The highest BCUT2D eigenvalue weighted by Crippen LogP contribution is 2.34. The lowest BCUT2D eigenvalue weighted by Crippen LogP contribution is -2.24. The van der Waals surface area contributed by atoms with Crippen molar-refractivity contribution in [3.63, 3.8) is 0 Å². The summed E-state index contributed by atoms with van der Waals surface area (Å²) in [5, 5.41) is 1.90. The van der Waals surface area contributed by atoms with E-state index in [1.54, 1.807) is 29.0 Å². The van der Waals surface area contributed by atoms with Crippen LogP contribution in [0.15, 0.2) is 78.1 Å². The maximum absolute atomic E-state index is 12.8. The van der Waals surface area contributed by atoms with Crippen molar-refractivity contribution in [3.05, 3.63) is 78.8 Å². The lowest BCUT2D eigenvalue weighted by atomic mass is 10.2. The second-order valence-electron chi connectivity index (χ2n) is 6.05. The van der Waals surface area contributed by atoms with Gasteiger partial charge < -0.3 is 9.29 Å². The van der Waals surface area contributed by atoms with Gasteiger partial charge in [-0.25, -0.2) is 4.98 Å². The fourth-order valence-corrected chi connectivity index (χ4v) is 4.41. The minimum Gasteiger partial charge on any atom is -0.588 e. The molecule has 132 valence electrons. The number of rotatable bonds is 3. The molecule has 2 aromatic carbocycles. The highest BCUT2D eigenvalue weighted by molar-refractivity contribution is 7.93. The molecule has 6 nitrogen and oxygen atoms in total. The summed E-state index contributed by atoms with van der Waals surface area (Å²) in [6.07, 6.45) is 5.03. The van der Waals surface area contributed by atoms with Crippen molar-refractivity contribution in [1.29, 1.82) is 0 Å². The van der Waals surface area contributed by atoms with Gasteiger partial charge in [-0.05, 0) is 6.07 Å². The van der Waals surface area contributed by atoms with Gasteiger partial charge in [0.15, 0.2) is 16.5 Å². The zero-order valence-corrected chi connectivity index (χ0v) is 15.0. The SMILES string of the molecule is [O-][S+]1c2ccccc2CN1c1ccnc(Oc2cncc3ccccc23)n1. The van der Waals surface area contributed by atoms with Crippen LogP contribution in [0.4, 0.5) is 5.82 Å². The Kier molecular flexibility index (Phi) is 3.88. The van der Waals surface area contributed by atoms with Crippen LogP contribution in [0.1, 0.15) is 5.56 Å². The van der Waals surface area contributed by atoms with Gasteiger partial charge in [0.25, 0.3) is 0 Å². The van der Waals surface area contributed by atoms with Crippen molar-refractivity contribution in [3.8, 4) is 11.8 Å². The van der Waals surface area contributed by atoms with E-state index in [1.807, 2.05) is 48.5 Å². The quantitative estimate of drug-likeness (QED) is 0.507. The molecule has 0 bridgehead atoms. The van der Waals surface area contributed by atoms with E-state index in [2.05, 4.69) is 15.0 Å². The van der Waals surface area contributed by atoms with Crippen molar-refractivity contribution in [1.82, 2.24) is 15.0 Å². The average Bonchev–Trinajstić information content (AvgIpc) is 3.06. The fourth-order valence-electron chi connectivity index (χ4n) is 3.09. The number of pyridine rings is 1. The highest BCUT2D eigenvalue weighted by Gasteiger charge is 2.35. The van der Waals surface area contributed by atoms with Crippen LogP contribution in [0.3, 0.4) is 0 Å². The minimum atomic E-state index is -1.29. The van der Waals surface area contributed by atoms with Crippen molar-refractivity contribution >= 4 is 28.0 Å². The van der Waals surface area contributed by atoms with Crippen LogP contribution in [0.5, 0.6) is 11.8 Å². The highest BCUT2D eigenvalue weighted by atomic mass is 32.2. The molecule has 2 aromatic heterocycles. The molecule has 1 unspecified atom stereocenters. The first-order valence-corrected chi connectivity index (χ1v) is 9.51. The molecule has 0 fully saturated rings. The van der Waals surface area contributed by atoms with Crippen molar-refractivity contribution < 1.29 is 9.29 Å². The predicted octanol–water partition coefficient (Wildman–Crippen LogP) is 3.86. The van der Waals surface area contributed by atoms with E-state index in [1.165, 1.54) is 0 Å². The number of hydrogen-bond acceptors (Lipinski definition) is 6. The van der Waals surface area contributed by atoms with Crippen LogP contribution in [0, 0.1) is 0 Å². The second-order valence-corrected chi connectivity index (χ2v) is 7.43. The Morgan fingerprint density at radius 3 is 2.78 bits per heavy atom. The topological polar surface area (TPSA) is 74.2 Å². The molecule has 1 aliphatic rings. The Hall–Kier alpha value is -3.16. The first-order valence-electron chi connectivity index (χ1n) is 8.40. The average molecular weight is 374 g/mol. The number of aromatic nitrogens is 3. The summed E-state index contributed by atoms with van der Waals surface area (Å²) in [5.74, 6) is 1.14. The van der Waals surface area contributed by atoms with Crippen molar-refractivity contribution in [2.24, 2.45) is 0 Å².